The van der Waals surface area contributed by atoms with Crippen molar-refractivity contribution in [2.45, 2.75) is 47.1 Å². The minimum atomic E-state index is -0.571. The van der Waals surface area contributed by atoms with Gasteiger partial charge in [-0.25, -0.2) is 9.59 Å². The maximum absolute atomic E-state index is 13.2. The summed E-state index contributed by atoms with van der Waals surface area (Å²) in [4.78, 5) is 44.5. The van der Waals surface area contributed by atoms with Crippen LogP contribution in [0.15, 0.2) is 35.5 Å². The van der Waals surface area contributed by atoms with E-state index in [9.17, 15) is 14.4 Å². The topological polar surface area (TPSA) is 82.2 Å². The zero-order valence-corrected chi connectivity index (χ0v) is 21.1. The molecule has 2 heterocycles. The molecular formula is C26H38N4O4. The summed E-state index contributed by atoms with van der Waals surface area (Å²) in [5.41, 5.74) is 3.07. The van der Waals surface area contributed by atoms with E-state index in [4.69, 9.17) is 4.74 Å². The molecule has 1 fully saturated rings. The molecule has 1 aromatic rings. The second-order valence-corrected chi connectivity index (χ2v) is 9.38. The second-order valence-electron chi connectivity index (χ2n) is 9.38. The van der Waals surface area contributed by atoms with Crippen molar-refractivity contribution in [1.82, 2.24) is 20.0 Å². The van der Waals surface area contributed by atoms with E-state index in [0.29, 0.717) is 62.9 Å². The Hall–Kier alpha value is -2.87. The van der Waals surface area contributed by atoms with Crippen molar-refractivity contribution in [3.05, 3.63) is 46.7 Å². The fourth-order valence-electron chi connectivity index (χ4n) is 4.60. The van der Waals surface area contributed by atoms with Gasteiger partial charge >= 0.3 is 12.0 Å². The molecule has 3 rings (SSSR count). The summed E-state index contributed by atoms with van der Waals surface area (Å²) in [6.07, 6.45) is 0.556. The van der Waals surface area contributed by atoms with Crippen molar-refractivity contribution >= 4 is 17.9 Å². The third kappa shape index (κ3) is 5.97. The summed E-state index contributed by atoms with van der Waals surface area (Å²) in [7, 11) is 0. The lowest BCUT2D eigenvalue weighted by Gasteiger charge is -2.40. The summed E-state index contributed by atoms with van der Waals surface area (Å²) >= 11 is 0. The third-order valence-electron chi connectivity index (χ3n) is 6.31. The van der Waals surface area contributed by atoms with Crippen LogP contribution in [-0.2, 0) is 14.3 Å². The van der Waals surface area contributed by atoms with Gasteiger partial charge in [-0.15, -0.1) is 0 Å². The fraction of sp³-hybridized carbons (Fsp3) is 0.577. The quantitative estimate of drug-likeness (QED) is 0.591. The molecule has 3 amide bonds. The number of benzene rings is 1. The molecule has 1 atom stereocenters. The van der Waals surface area contributed by atoms with E-state index in [1.165, 1.54) is 0 Å². The predicted octanol–water partition coefficient (Wildman–Crippen LogP) is 3.09. The number of hydrogen-bond donors (Lipinski definition) is 1. The Bertz CT molecular complexity index is 934. The number of carbonyl (C=O) groups is 3. The van der Waals surface area contributed by atoms with Gasteiger partial charge in [0.1, 0.15) is 0 Å². The first kappa shape index (κ1) is 25.7. The van der Waals surface area contributed by atoms with Crippen LogP contribution >= 0.6 is 0 Å². The molecule has 2 aliphatic rings. The van der Waals surface area contributed by atoms with Gasteiger partial charge in [0, 0.05) is 51.4 Å². The average molecular weight is 471 g/mol. The molecule has 0 saturated carbocycles. The van der Waals surface area contributed by atoms with Crippen molar-refractivity contribution in [2.24, 2.45) is 5.92 Å². The molecule has 186 valence electrons. The first-order valence-corrected chi connectivity index (χ1v) is 12.3. The van der Waals surface area contributed by atoms with Gasteiger partial charge in [-0.3, -0.25) is 14.6 Å². The predicted molar refractivity (Wildman–Crippen MR) is 131 cm³/mol. The van der Waals surface area contributed by atoms with Crippen LogP contribution in [0.5, 0.6) is 0 Å². The van der Waals surface area contributed by atoms with E-state index in [1.807, 2.05) is 43.0 Å². The third-order valence-corrected chi connectivity index (χ3v) is 6.31. The van der Waals surface area contributed by atoms with Gasteiger partial charge in [0.05, 0.1) is 18.2 Å². The Morgan fingerprint density at radius 3 is 2.44 bits per heavy atom. The highest BCUT2D eigenvalue weighted by Crippen LogP contribution is 2.32. The molecule has 1 saturated heterocycles. The number of carbonyl (C=O) groups excluding carboxylic acids is 3. The lowest BCUT2D eigenvalue weighted by Crippen LogP contribution is -2.53. The summed E-state index contributed by atoms with van der Waals surface area (Å²) in [6.45, 7) is 13.6. The van der Waals surface area contributed by atoms with Crippen LogP contribution in [0.2, 0.25) is 0 Å². The van der Waals surface area contributed by atoms with Crippen LogP contribution in [0.1, 0.15) is 51.3 Å². The molecule has 34 heavy (non-hydrogen) atoms. The molecule has 0 radical (unpaired) electrons. The molecule has 0 bridgehead atoms. The van der Waals surface area contributed by atoms with E-state index in [0.717, 1.165) is 11.1 Å². The zero-order chi connectivity index (χ0) is 24.8. The van der Waals surface area contributed by atoms with Gasteiger partial charge in [0.2, 0.25) is 5.91 Å². The van der Waals surface area contributed by atoms with Crippen molar-refractivity contribution in [2.75, 3.05) is 45.9 Å². The number of rotatable bonds is 8. The van der Waals surface area contributed by atoms with Crippen molar-refractivity contribution in [3.8, 4) is 0 Å². The normalized spacial score (nSPS) is 19.5. The number of nitrogens with one attached hydrogen (secondary N) is 1. The number of amides is 3. The van der Waals surface area contributed by atoms with E-state index in [-0.39, 0.29) is 18.5 Å². The number of likely N-dealkylation sites (N-methyl/N-ethyl adjacent to an activating group) is 1. The smallest absolute Gasteiger partial charge is 0.338 e. The largest absolute Gasteiger partial charge is 0.463 e. The van der Waals surface area contributed by atoms with E-state index < -0.39 is 12.0 Å². The zero-order valence-electron chi connectivity index (χ0n) is 21.1. The minimum absolute atomic E-state index is 0.188. The molecule has 8 heteroatoms. The molecule has 1 unspecified atom stereocenters. The monoisotopic (exact) mass is 470 g/mol. The SMILES string of the molecule is CCOC(=O)C1=C(CN2CCN(C(=O)CC(C)C)CC2)N(CC)C(=O)NC1c1cccc(C)c1. The van der Waals surface area contributed by atoms with Crippen LogP contribution in [0.25, 0.3) is 0 Å². The van der Waals surface area contributed by atoms with Gasteiger partial charge in [-0.05, 0) is 32.3 Å². The fourth-order valence-corrected chi connectivity index (χ4v) is 4.60. The van der Waals surface area contributed by atoms with Crippen LogP contribution in [0, 0.1) is 12.8 Å². The van der Waals surface area contributed by atoms with Crippen molar-refractivity contribution < 1.29 is 19.1 Å². The molecule has 2 aliphatic heterocycles. The standard InChI is InChI=1S/C26H38N4O4/c1-6-30-21(17-28-11-13-29(14-12-28)22(31)15-18(3)4)23(25(32)34-7-2)24(27-26(30)33)20-10-8-9-19(5)16-20/h8-10,16,18,24H,6-7,11-15,17H2,1-5H3,(H,27,33). The Labute approximate surface area is 202 Å². The van der Waals surface area contributed by atoms with Crippen molar-refractivity contribution in [3.63, 3.8) is 0 Å². The Morgan fingerprint density at radius 2 is 1.85 bits per heavy atom. The molecule has 0 aromatic heterocycles. The first-order chi connectivity index (χ1) is 16.2. The van der Waals surface area contributed by atoms with E-state index in [2.05, 4.69) is 24.1 Å². The summed E-state index contributed by atoms with van der Waals surface area (Å²) in [5, 5.41) is 3.01. The number of esters is 1. The van der Waals surface area contributed by atoms with Crippen LogP contribution in [-0.4, -0.2) is 78.5 Å². The average Bonchev–Trinajstić information content (AvgIpc) is 2.79. The van der Waals surface area contributed by atoms with E-state index in [1.54, 1.807) is 11.8 Å². The lowest BCUT2D eigenvalue weighted by molar-refractivity contribution is -0.139. The van der Waals surface area contributed by atoms with Gasteiger partial charge in [0.25, 0.3) is 0 Å². The molecule has 1 N–H and O–H groups in total. The maximum atomic E-state index is 13.2. The maximum Gasteiger partial charge on any atom is 0.338 e. The second kappa shape index (κ2) is 11.5. The molecular weight excluding hydrogens is 432 g/mol. The Balaban J connectivity index is 1.91. The van der Waals surface area contributed by atoms with Crippen molar-refractivity contribution in [1.29, 1.82) is 0 Å². The van der Waals surface area contributed by atoms with Gasteiger partial charge in [-0.2, -0.15) is 0 Å². The minimum Gasteiger partial charge on any atom is -0.463 e. The molecule has 8 nitrogen and oxygen atoms in total. The Kier molecular flexibility index (Phi) is 8.72. The number of aryl methyl sites for hydroxylation is 1. The van der Waals surface area contributed by atoms with E-state index >= 15 is 0 Å². The van der Waals surface area contributed by atoms with Gasteiger partial charge in [0.15, 0.2) is 0 Å². The van der Waals surface area contributed by atoms with Crippen LogP contribution < -0.4 is 5.32 Å². The highest BCUT2D eigenvalue weighted by molar-refractivity contribution is 5.95. The molecule has 0 spiro atoms. The Morgan fingerprint density at radius 1 is 1.15 bits per heavy atom. The highest BCUT2D eigenvalue weighted by Gasteiger charge is 2.38. The number of urea groups is 1. The molecule has 0 aliphatic carbocycles. The summed E-state index contributed by atoms with van der Waals surface area (Å²) < 4.78 is 5.45. The van der Waals surface area contributed by atoms with Gasteiger partial charge < -0.3 is 15.0 Å². The highest BCUT2D eigenvalue weighted by atomic mass is 16.5. The molecule has 1 aromatic carbocycles. The number of ether oxygens (including phenoxy) is 1. The number of hydrogen-bond acceptors (Lipinski definition) is 5. The summed E-state index contributed by atoms with van der Waals surface area (Å²) in [6, 6.07) is 7.04. The van der Waals surface area contributed by atoms with Crippen LogP contribution in [0.3, 0.4) is 0 Å². The summed E-state index contributed by atoms with van der Waals surface area (Å²) in [5.74, 6) is 0.112. The lowest BCUT2D eigenvalue weighted by atomic mass is 9.93. The first-order valence-electron chi connectivity index (χ1n) is 12.3. The number of nitrogens with zero attached hydrogens (tertiary/aromatic N) is 3. The van der Waals surface area contributed by atoms with Gasteiger partial charge in [-0.1, -0.05) is 43.7 Å². The van der Waals surface area contributed by atoms with Crippen LogP contribution in [0.4, 0.5) is 4.79 Å². The number of piperazine rings is 1.